The molecule has 0 saturated carbocycles. The van der Waals surface area contributed by atoms with Crippen molar-refractivity contribution < 1.29 is 9.90 Å². The van der Waals surface area contributed by atoms with E-state index >= 15 is 0 Å². The number of rotatable bonds is 2. The maximum Gasteiger partial charge on any atom is 0.335 e. The van der Waals surface area contributed by atoms with Gasteiger partial charge in [-0.15, -0.1) is 5.10 Å². The Bertz CT molecular complexity index is 779. The van der Waals surface area contributed by atoms with E-state index in [2.05, 4.69) is 15.3 Å². The summed E-state index contributed by atoms with van der Waals surface area (Å²) in [6, 6.07) is 8.48. The minimum atomic E-state index is -0.948. The van der Waals surface area contributed by atoms with Gasteiger partial charge in [-0.3, -0.25) is 0 Å². The number of nitrogens with zero attached hydrogens (tertiary/aromatic N) is 4. The molecule has 0 atom stereocenters. The summed E-state index contributed by atoms with van der Waals surface area (Å²) in [4.78, 5) is 15.2. The van der Waals surface area contributed by atoms with Crippen LogP contribution in [0.5, 0.6) is 0 Å². The number of aromatic carboxylic acids is 1. The number of aryl methyl sites for hydroxylation is 1. The molecule has 0 unspecified atom stereocenters. The van der Waals surface area contributed by atoms with Crippen LogP contribution in [0.15, 0.2) is 36.5 Å². The lowest BCUT2D eigenvalue weighted by atomic mass is 10.1. The number of hydrogen-bond acceptors (Lipinski definition) is 4. The number of carbonyl (C=O) groups is 1. The van der Waals surface area contributed by atoms with Crippen molar-refractivity contribution in [1.29, 1.82) is 0 Å². The molecule has 0 radical (unpaired) electrons. The molecule has 19 heavy (non-hydrogen) atoms. The Labute approximate surface area is 108 Å². The predicted molar refractivity (Wildman–Crippen MR) is 68.4 cm³/mol. The normalized spacial score (nSPS) is 10.8. The molecule has 0 saturated heterocycles. The van der Waals surface area contributed by atoms with Crippen molar-refractivity contribution in [3.63, 3.8) is 0 Å². The highest BCUT2D eigenvalue weighted by atomic mass is 16.4. The second-order valence-electron chi connectivity index (χ2n) is 4.15. The molecule has 1 aromatic carbocycles. The molecule has 6 heteroatoms. The molecule has 6 nitrogen and oxygen atoms in total. The molecule has 0 aliphatic rings. The van der Waals surface area contributed by atoms with Crippen LogP contribution in [-0.4, -0.2) is 31.1 Å². The number of carboxylic acid groups (broad SMARTS) is 1. The third kappa shape index (κ3) is 1.83. The van der Waals surface area contributed by atoms with Crippen LogP contribution in [-0.2, 0) is 0 Å². The summed E-state index contributed by atoms with van der Waals surface area (Å²) in [5, 5.41) is 17.0. The van der Waals surface area contributed by atoms with Crippen LogP contribution in [0.4, 0.5) is 0 Å². The van der Waals surface area contributed by atoms with Crippen molar-refractivity contribution in [1.82, 2.24) is 20.0 Å². The molecule has 0 aliphatic heterocycles. The van der Waals surface area contributed by atoms with Crippen molar-refractivity contribution in [2.24, 2.45) is 0 Å². The van der Waals surface area contributed by atoms with E-state index in [4.69, 9.17) is 5.11 Å². The first-order valence-corrected chi connectivity index (χ1v) is 5.67. The van der Waals surface area contributed by atoms with Crippen LogP contribution in [0.1, 0.15) is 15.9 Å². The fourth-order valence-electron chi connectivity index (χ4n) is 1.95. The maximum absolute atomic E-state index is 10.9. The molecule has 0 fully saturated rings. The highest BCUT2D eigenvalue weighted by Crippen LogP contribution is 2.18. The van der Waals surface area contributed by atoms with Crippen molar-refractivity contribution in [2.45, 2.75) is 6.92 Å². The highest BCUT2D eigenvalue weighted by molar-refractivity contribution is 5.88. The minimum Gasteiger partial charge on any atom is -0.478 e. The van der Waals surface area contributed by atoms with E-state index in [0.717, 1.165) is 11.3 Å². The Balaban J connectivity index is 2.19. The topological polar surface area (TPSA) is 80.9 Å². The number of carboxylic acids is 1. The van der Waals surface area contributed by atoms with Gasteiger partial charge < -0.3 is 5.11 Å². The summed E-state index contributed by atoms with van der Waals surface area (Å²) in [7, 11) is 0. The van der Waals surface area contributed by atoms with Gasteiger partial charge in [0.15, 0.2) is 5.65 Å². The second kappa shape index (κ2) is 4.16. The Morgan fingerprint density at radius 3 is 2.89 bits per heavy atom. The van der Waals surface area contributed by atoms with Crippen LogP contribution in [0, 0.1) is 6.92 Å². The zero-order chi connectivity index (χ0) is 13.4. The zero-order valence-electron chi connectivity index (χ0n) is 10.1. The van der Waals surface area contributed by atoms with Crippen LogP contribution >= 0.6 is 0 Å². The lowest BCUT2D eigenvalue weighted by Gasteiger charge is -2.06. The molecule has 94 valence electrons. The lowest BCUT2D eigenvalue weighted by Crippen LogP contribution is -2.03. The van der Waals surface area contributed by atoms with E-state index in [1.807, 2.05) is 13.0 Å². The molecule has 2 heterocycles. The molecule has 1 N–H and O–H groups in total. The molecule has 3 rings (SSSR count). The van der Waals surface area contributed by atoms with Gasteiger partial charge in [-0.05, 0) is 42.8 Å². The van der Waals surface area contributed by atoms with E-state index < -0.39 is 5.97 Å². The fourth-order valence-corrected chi connectivity index (χ4v) is 1.95. The molecule has 0 aliphatic carbocycles. The quantitative estimate of drug-likeness (QED) is 0.754. The van der Waals surface area contributed by atoms with Crippen LogP contribution < -0.4 is 0 Å². The van der Waals surface area contributed by atoms with Gasteiger partial charge in [0.05, 0.1) is 11.3 Å². The Morgan fingerprint density at radius 2 is 2.16 bits per heavy atom. The zero-order valence-corrected chi connectivity index (χ0v) is 10.1. The monoisotopic (exact) mass is 254 g/mol. The number of fused-ring (bicyclic) bond motifs is 1. The summed E-state index contributed by atoms with van der Waals surface area (Å²) >= 11 is 0. The third-order valence-corrected chi connectivity index (χ3v) is 2.88. The van der Waals surface area contributed by atoms with Gasteiger partial charge in [0, 0.05) is 6.20 Å². The van der Waals surface area contributed by atoms with E-state index in [-0.39, 0.29) is 5.56 Å². The highest BCUT2D eigenvalue weighted by Gasteiger charge is 2.11. The summed E-state index contributed by atoms with van der Waals surface area (Å²) in [5.74, 6) is -0.948. The van der Waals surface area contributed by atoms with Gasteiger partial charge in [0.1, 0.15) is 5.52 Å². The first kappa shape index (κ1) is 11.3. The molecule has 0 spiro atoms. The average Bonchev–Trinajstić information content (AvgIpc) is 2.82. The van der Waals surface area contributed by atoms with Gasteiger partial charge in [0.25, 0.3) is 0 Å². The van der Waals surface area contributed by atoms with E-state index in [0.29, 0.717) is 11.2 Å². The standard InChI is InChI=1S/C13H10N4O2/c1-8-7-9(13(18)19)4-5-11(8)17-12-10(15-16-17)3-2-6-14-12/h2-7H,1H3,(H,18,19). The van der Waals surface area contributed by atoms with Crippen molar-refractivity contribution in [3.05, 3.63) is 47.7 Å². The largest absolute Gasteiger partial charge is 0.478 e. The van der Waals surface area contributed by atoms with Gasteiger partial charge in [-0.25, -0.2) is 9.78 Å². The van der Waals surface area contributed by atoms with E-state index in [9.17, 15) is 4.79 Å². The van der Waals surface area contributed by atoms with Crippen molar-refractivity contribution >= 4 is 17.1 Å². The molecule has 0 bridgehead atoms. The van der Waals surface area contributed by atoms with E-state index in [1.54, 1.807) is 35.1 Å². The predicted octanol–water partition coefficient (Wildman–Crippen LogP) is 1.82. The Hall–Kier alpha value is -2.76. The first-order chi connectivity index (χ1) is 9.16. The third-order valence-electron chi connectivity index (χ3n) is 2.88. The first-order valence-electron chi connectivity index (χ1n) is 5.67. The van der Waals surface area contributed by atoms with Gasteiger partial charge in [0.2, 0.25) is 0 Å². The van der Waals surface area contributed by atoms with Crippen molar-refractivity contribution in [2.75, 3.05) is 0 Å². The smallest absolute Gasteiger partial charge is 0.335 e. The summed E-state index contributed by atoms with van der Waals surface area (Å²) in [5.41, 5.74) is 3.17. The molecule has 0 amide bonds. The molecule has 3 aromatic rings. The second-order valence-corrected chi connectivity index (χ2v) is 4.15. The van der Waals surface area contributed by atoms with Gasteiger partial charge in [-0.2, -0.15) is 4.68 Å². The van der Waals surface area contributed by atoms with Crippen molar-refractivity contribution in [3.8, 4) is 5.69 Å². The van der Waals surface area contributed by atoms with Crippen LogP contribution in [0.3, 0.4) is 0 Å². The Kier molecular flexibility index (Phi) is 2.49. The number of benzene rings is 1. The fraction of sp³-hybridized carbons (Fsp3) is 0.0769. The van der Waals surface area contributed by atoms with E-state index in [1.165, 1.54) is 0 Å². The average molecular weight is 254 g/mol. The number of pyridine rings is 1. The Morgan fingerprint density at radius 1 is 1.32 bits per heavy atom. The summed E-state index contributed by atoms with van der Waals surface area (Å²) in [6.07, 6.45) is 1.67. The van der Waals surface area contributed by atoms with Crippen LogP contribution in [0.25, 0.3) is 16.9 Å². The minimum absolute atomic E-state index is 0.249. The van der Waals surface area contributed by atoms with Crippen LogP contribution in [0.2, 0.25) is 0 Å². The lowest BCUT2D eigenvalue weighted by molar-refractivity contribution is 0.0697. The van der Waals surface area contributed by atoms with Gasteiger partial charge >= 0.3 is 5.97 Å². The molecular formula is C13H10N4O2. The maximum atomic E-state index is 10.9. The number of hydrogen-bond donors (Lipinski definition) is 1. The van der Waals surface area contributed by atoms with Gasteiger partial charge in [-0.1, -0.05) is 5.21 Å². The SMILES string of the molecule is Cc1cc(C(=O)O)ccc1-n1nnc2cccnc21. The summed E-state index contributed by atoms with van der Waals surface area (Å²) in [6.45, 7) is 1.83. The molecular weight excluding hydrogens is 244 g/mol. The number of aromatic nitrogens is 4. The summed E-state index contributed by atoms with van der Waals surface area (Å²) < 4.78 is 1.61. The molecule has 2 aromatic heterocycles.